The minimum Gasteiger partial charge on any atom is -0.300 e. The van der Waals surface area contributed by atoms with Crippen LogP contribution in [0.3, 0.4) is 0 Å². The highest BCUT2D eigenvalue weighted by Crippen LogP contribution is 2.53. The molecule has 0 aliphatic heterocycles. The van der Waals surface area contributed by atoms with Gasteiger partial charge in [0.05, 0.1) is 0 Å². The molecule has 0 radical (unpaired) electrons. The number of allylic oxidation sites excluding steroid dienone is 8. The van der Waals surface area contributed by atoms with Crippen molar-refractivity contribution in [1.29, 1.82) is 0 Å². The lowest BCUT2D eigenvalue weighted by Gasteiger charge is -2.28. The maximum Gasteiger partial charge on any atom is 0.133 e. The van der Waals surface area contributed by atoms with Crippen LogP contribution in [0.2, 0.25) is 0 Å². The molecule has 4 bridgehead atoms. The maximum absolute atomic E-state index is 11.7. The third-order valence-electron chi connectivity index (χ3n) is 12.1. The van der Waals surface area contributed by atoms with Crippen molar-refractivity contribution in [1.82, 2.24) is 0 Å². The minimum absolute atomic E-state index is 0.456. The van der Waals surface area contributed by atoms with Crippen molar-refractivity contribution in [3.8, 4) is 0 Å². The smallest absolute Gasteiger partial charge is 0.133 e. The standard InChI is InChI=1S/2C19H24O2/c2*20-16-5-1-3-12(8-16)18-10-15-7-14(18)11-19(15)13-4-2-6-17(21)9-13/h2*10-15H,1-9H2/t2*12-,13-,14-,15-/m11/s1. The van der Waals surface area contributed by atoms with Gasteiger partial charge in [-0.2, -0.15) is 0 Å². The SMILES string of the molecule is O=C1CCC[C@@H](C2=C[C@H]3C[C@@H]2C=C3[C@@H]2CCCC(=O)C2)C1.O=C1CCC[C@@H](C2=C[C@H]3C[C@@H]2C=C3[C@@H]2CCCC(=O)C2)C1. The zero-order valence-electron chi connectivity index (χ0n) is 25.3. The molecule has 4 saturated carbocycles. The topological polar surface area (TPSA) is 68.3 Å². The van der Waals surface area contributed by atoms with E-state index in [1.54, 1.807) is 22.3 Å². The molecular weight excluding hydrogens is 520 g/mol. The van der Waals surface area contributed by atoms with Crippen LogP contribution in [-0.2, 0) is 19.2 Å². The molecule has 4 nitrogen and oxygen atoms in total. The molecule has 8 aliphatic carbocycles. The lowest BCUT2D eigenvalue weighted by atomic mass is 9.76. The lowest BCUT2D eigenvalue weighted by Crippen LogP contribution is -2.21. The van der Waals surface area contributed by atoms with E-state index in [1.807, 2.05) is 0 Å². The summed E-state index contributed by atoms with van der Waals surface area (Å²) in [7, 11) is 0. The van der Waals surface area contributed by atoms with E-state index in [1.165, 1.54) is 38.5 Å². The van der Waals surface area contributed by atoms with Crippen molar-refractivity contribution in [2.75, 3.05) is 0 Å². The first-order valence-electron chi connectivity index (χ1n) is 17.3. The van der Waals surface area contributed by atoms with Crippen molar-refractivity contribution in [2.45, 2.75) is 116 Å². The molecule has 0 heterocycles. The summed E-state index contributed by atoms with van der Waals surface area (Å²) in [6.07, 6.45) is 27.7. The fraction of sp³-hybridized carbons (Fsp3) is 0.684. The van der Waals surface area contributed by atoms with Gasteiger partial charge in [0.15, 0.2) is 0 Å². The number of hydrogen-bond donors (Lipinski definition) is 0. The molecule has 0 spiro atoms. The minimum atomic E-state index is 0.456. The van der Waals surface area contributed by atoms with Crippen molar-refractivity contribution >= 4 is 23.1 Å². The second-order valence-corrected chi connectivity index (χ2v) is 14.9. The van der Waals surface area contributed by atoms with Crippen LogP contribution in [0.5, 0.6) is 0 Å². The van der Waals surface area contributed by atoms with E-state index in [0.717, 1.165) is 77.0 Å². The monoisotopic (exact) mass is 568 g/mol. The molecule has 224 valence electrons. The molecule has 0 aromatic carbocycles. The third kappa shape index (κ3) is 5.76. The number of carbonyl (C=O) groups excluding carboxylic acids is 4. The first kappa shape index (κ1) is 28.4. The Morgan fingerprint density at radius 3 is 0.810 bits per heavy atom. The van der Waals surface area contributed by atoms with Gasteiger partial charge in [0.2, 0.25) is 0 Å². The molecule has 42 heavy (non-hydrogen) atoms. The van der Waals surface area contributed by atoms with Gasteiger partial charge in [0.25, 0.3) is 0 Å². The van der Waals surface area contributed by atoms with Gasteiger partial charge < -0.3 is 0 Å². The van der Waals surface area contributed by atoms with Crippen LogP contribution in [0.25, 0.3) is 0 Å². The summed E-state index contributed by atoms with van der Waals surface area (Å²) in [6, 6.07) is 0. The van der Waals surface area contributed by atoms with Gasteiger partial charge in [-0.05, 0) is 112 Å². The van der Waals surface area contributed by atoms with E-state index < -0.39 is 0 Å². The van der Waals surface area contributed by atoms with E-state index in [0.29, 0.717) is 70.5 Å². The molecule has 0 aromatic heterocycles. The van der Waals surface area contributed by atoms with Gasteiger partial charge in [-0.25, -0.2) is 0 Å². The van der Waals surface area contributed by atoms with E-state index in [9.17, 15) is 19.2 Å². The molecule has 0 saturated heterocycles. The van der Waals surface area contributed by atoms with Gasteiger partial charge in [0, 0.05) is 51.4 Å². The molecule has 0 amide bonds. The zero-order chi connectivity index (χ0) is 28.8. The van der Waals surface area contributed by atoms with Gasteiger partial charge >= 0.3 is 0 Å². The van der Waals surface area contributed by atoms with E-state index in [-0.39, 0.29) is 0 Å². The number of carbonyl (C=O) groups is 4. The van der Waals surface area contributed by atoms with E-state index in [4.69, 9.17) is 0 Å². The summed E-state index contributed by atoms with van der Waals surface area (Å²) in [4.78, 5) is 46.8. The van der Waals surface area contributed by atoms with Crippen molar-refractivity contribution in [3.05, 3.63) is 46.6 Å². The van der Waals surface area contributed by atoms with Gasteiger partial charge in [-0.3, -0.25) is 19.2 Å². The normalized spacial score (nSPS) is 39.4. The predicted molar refractivity (Wildman–Crippen MR) is 163 cm³/mol. The first-order valence-corrected chi connectivity index (χ1v) is 17.3. The Hall–Kier alpha value is -2.36. The number of hydrogen-bond acceptors (Lipinski definition) is 4. The van der Waals surface area contributed by atoms with E-state index >= 15 is 0 Å². The van der Waals surface area contributed by atoms with Crippen LogP contribution >= 0.6 is 0 Å². The van der Waals surface area contributed by atoms with Gasteiger partial charge in [0.1, 0.15) is 23.1 Å². The van der Waals surface area contributed by atoms with Gasteiger partial charge in [-0.15, -0.1) is 0 Å². The summed E-state index contributed by atoms with van der Waals surface area (Å²) >= 11 is 0. The second-order valence-electron chi connectivity index (χ2n) is 14.9. The van der Waals surface area contributed by atoms with Crippen molar-refractivity contribution in [3.63, 3.8) is 0 Å². The van der Waals surface area contributed by atoms with Crippen LogP contribution in [-0.4, -0.2) is 23.1 Å². The summed E-state index contributed by atoms with van der Waals surface area (Å²) in [5, 5.41) is 0. The molecule has 4 fully saturated rings. The van der Waals surface area contributed by atoms with Crippen LogP contribution in [0.1, 0.15) is 116 Å². The van der Waals surface area contributed by atoms with Crippen molar-refractivity contribution < 1.29 is 19.2 Å². The Labute approximate surface area is 251 Å². The molecule has 8 aliphatic rings. The number of ketones is 4. The highest BCUT2D eigenvalue weighted by Gasteiger charge is 2.42. The first-order chi connectivity index (χ1) is 20.4. The highest BCUT2D eigenvalue weighted by molar-refractivity contribution is 5.81. The molecule has 0 unspecified atom stereocenters. The fourth-order valence-electron chi connectivity index (χ4n) is 10.2. The van der Waals surface area contributed by atoms with Crippen LogP contribution in [0.15, 0.2) is 46.6 Å². The average molecular weight is 569 g/mol. The van der Waals surface area contributed by atoms with Crippen LogP contribution in [0, 0.1) is 47.3 Å². The fourth-order valence-corrected chi connectivity index (χ4v) is 10.2. The molecule has 4 heteroatoms. The summed E-state index contributed by atoms with van der Waals surface area (Å²) in [6.45, 7) is 0. The number of Topliss-reactive ketones (excluding diaryl/α,β-unsaturated/α-hetero) is 4. The molecule has 0 N–H and O–H groups in total. The maximum atomic E-state index is 11.7. The van der Waals surface area contributed by atoms with Crippen molar-refractivity contribution in [2.24, 2.45) is 47.3 Å². The Bertz CT molecular complexity index is 1080. The summed E-state index contributed by atoms with van der Waals surface area (Å²) in [5.74, 6) is 6.23. The Balaban J connectivity index is 0.000000137. The molecule has 8 atom stereocenters. The number of fused-ring (bicyclic) bond motifs is 4. The zero-order valence-corrected chi connectivity index (χ0v) is 25.3. The Morgan fingerprint density at radius 2 is 0.619 bits per heavy atom. The van der Waals surface area contributed by atoms with Gasteiger partial charge in [-0.1, -0.05) is 46.6 Å². The third-order valence-corrected chi connectivity index (χ3v) is 12.1. The predicted octanol–water partition coefficient (Wildman–Crippen LogP) is 8.02. The second kappa shape index (κ2) is 12.0. The van der Waals surface area contributed by atoms with E-state index in [2.05, 4.69) is 24.3 Å². The molecule has 0 aromatic rings. The van der Waals surface area contributed by atoms with Crippen LogP contribution < -0.4 is 0 Å². The average Bonchev–Trinajstić information content (AvgIpc) is 3.79. The molecule has 8 rings (SSSR count). The quantitative estimate of drug-likeness (QED) is 0.322. The Morgan fingerprint density at radius 1 is 0.381 bits per heavy atom. The largest absolute Gasteiger partial charge is 0.300 e. The summed E-state index contributed by atoms with van der Waals surface area (Å²) in [5.41, 5.74) is 6.22. The Kier molecular flexibility index (Phi) is 8.09. The highest BCUT2D eigenvalue weighted by atomic mass is 16.1. The summed E-state index contributed by atoms with van der Waals surface area (Å²) < 4.78 is 0. The van der Waals surface area contributed by atoms with Crippen LogP contribution in [0.4, 0.5) is 0 Å². The molecular formula is C38H48O4. The number of rotatable bonds is 4. The lowest BCUT2D eigenvalue weighted by molar-refractivity contribution is -0.122.